The van der Waals surface area contributed by atoms with Gasteiger partial charge in [-0.25, -0.2) is 8.42 Å². The predicted molar refractivity (Wildman–Crippen MR) is 67.3 cm³/mol. The van der Waals surface area contributed by atoms with Crippen molar-refractivity contribution in [3.8, 4) is 0 Å². The maximum absolute atomic E-state index is 11.6. The molecule has 0 bridgehead atoms. The fraction of sp³-hybridized carbons (Fsp3) is 0.909. The lowest BCUT2D eigenvalue weighted by Gasteiger charge is -2.17. The van der Waals surface area contributed by atoms with Crippen molar-refractivity contribution in [2.75, 3.05) is 18.1 Å². The third-order valence-electron chi connectivity index (χ3n) is 2.81. The maximum Gasteiger partial charge on any atom is 0.223 e. The highest BCUT2D eigenvalue weighted by Crippen LogP contribution is 2.09. The van der Waals surface area contributed by atoms with Crippen LogP contribution in [-0.4, -0.2) is 43.6 Å². The van der Waals surface area contributed by atoms with Crippen molar-refractivity contribution in [2.24, 2.45) is 11.8 Å². The Hall–Kier alpha value is -0.620. The smallest absolute Gasteiger partial charge is 0.223 e. The SMILES string of the molecule is CCS(=O)(=O)CC(O)CNC(=O)C(C)C(C)C. The Morgan fingerprint density at radius 2 is 1.82 bits per heavy atom. The molecule has 0 spiro atoms. The van der Waals surface area contributed by atoms with Gasteiger partial charge in [-0.15, -0.1) is 0 Å². The number of carbonyl (C=O) groups excluding carboxylic acids is 1. The van der Waals surface area contributed by atoms with Gasteiger partial charge in [0.1, 0.15) is 0 Å². The van der Waals surface area contributed by atoms with Crippen LogP contribution in [0.1, 0.15) is 27.7 Å². The molecule has 0 aliphatic rings. The Labute approximate surface area is 104 Å². The van der Waals surface area contributed by atoms with E-state index in [1.54, 1.807) is 6.92 Å². The number of sulfone groups is 1. The molecule has 2 N–H and O–H groups in total. The summed E-state index contributed by atoms with van der Waals surface area (Å²) in [5, 5.41) is 12.0. The fourth-order valence-corrected chi connectivity index (χ4v) is 2.09. The van der Waals surface area contributed by atoms with E-state index in [-0.39, 0.29) is 35.8 Å². The van der Waals surface area contributed by atoms with E-state index >= 15 is 0 Å². The van der Waals surface area contributed by atoms with Gasteiger partial charge in [0.2, 0.25) is 5.91 Å². The molecule has 1 amide bonds. The van der Waals surface area contributed by atoms with Crippen LogP contribution in [0.4, 0.5) is 0 Å². The van der Waals surface area contributed by atoms with Crippen LogP contribution in [0, 0.1) is 11.8 Å². The minimum atomic E-state index is -3.20. The molecule has 0 aromatic carbocycles. The Morgan fingerprint density at radius 1 is 1.29 bits per heavy atom. The zero-order valence-corrected chi connectivity index (χ0v) is 11.8. The van der Waals surface area contributed by atoms with E-state index in [1.807, 2.05) is 13.8 Å². The molecule has 5 nitrogen and oxygen atoms in total. The van der Waals surface area contributed by atoms with Crippen LogP contribution in [-0.2, 0) is 14.6 Å². The quantitative estimate of drug-likeness (QED) is 0.688. The molecule has 0 saturated carbocycles. The highest BCUT2D eigenvalue weighted by Gasteiger charge is 2.19. The van der Waals surface area contributed by atoms with Gasteiger partial charge in [0.25, 0.3) is 0 Å². The minimum absolute atomic E-state index is 0.000400. The molecule has 2 atom stereocenters. The molecule has 0 heterocycles. The summed E-state index contributed by atoms with van der Waals surface area (Å²) in [6.07, 6.45) is -1.04. The first-order valence-electron chi connectivity index (χ1n) is 5.85. The van der Waals surface area contributed by atoms with Crippen LogP contribution in [0.15, 0.2) is 0 Å². The Morgan fingerprint density at radius 3 is 2.24 bits per heavy atom. The summed E-state index contributed by atoms with van der Waals surface area (Å²) >= 11 is 0. The van der Waals surface area contributed by atoms with Gasteiger partial charge in [0, 0.05) is 18.2 Å². The highest BCUT2D eigenvalue weighted by molar-refractivity contribution is 7.91. The van der Waals surface area contributed by atoms with Crippen molar-refractivity contribution in [3.63, 3.8) is 0 Å². The van der Waals surface area contributed by atoms with Crippen LogP contribution in [0.2, 0.25) is 0 Å². The third-order valence-corrected chi connectivity index (χ3v) is 4.58. The van der Waals surface area contributed by atoms with Crippen molar-refractivity contribution in [3.05, 3.63) is 0 Å². The van der Waals surface area contributed by atoms with Crippen LogP contribution < -0.4 is 5.32 Å². The van der Waals surface area contributed by atoms with Crippen LogP contribution >= 0.6 is 0 Å². The molecule has 6 heteroatoms. The summed E-state index contributed by atoms with van der Waals surface area (Å²) in [4.78, 5) is 11.6. The van der Waals surface area contributed by atoms with Gasteiger partial charge in [0.15, 0.2) is 9.84 Å². The predicted octanol–water partition coefficient (Wildman–Crippen LogP) is 0.190. The van der Waals surface area contributed by atoms with Crippen molar-refractivity contribution in [2.45, 2.75) is 33.8 Å². The average molecular weight is 265 g/mol. The van der Waals surface area contributed by atoms with Gasteiger partial charge in [0.05, 0.1) is 11.9 Å². The minimum Gasteiger partial charge on any atom is -0.390 e. The first kappa shape index (κ1) is 16.4. The van der Waals surface area contributed by atoms with Crippen LogP contribution in [0.5, 0.6) is 0 Å². The van der Waals surface area contributed by atoms with E-state index in [0.717, 1.165) is 0 Å². The molecule has 0 aromatic rings. The van der Waals surface area contributed by atoms with Gasteiger partial charge in [-0.3, -0.25) is 4.79 Å². The molecule has 102 valence electrons. The average Bonchev–Trinajstić information content (AvgIpc) is 2.24. The first-order chi connectivity index (χ1) is 7.69. The van der Waals surface area contributed by atoms with Crippen molar-refractivity contribution in [1.82, 2.24) is 5.32 Å². The van der Waals surface area contributed by atoms with Gasteiger partial charge in [-0.05, 0) is 5.92 Å². The first-order valence-corrected chi connectivity index (χ1v) is 7.68. The second kappa shape index (κ2) is 6.96. The number of aliphatic hydroxyl groups is 1. The molecule has 0 aliphatic heterocycles. The zero-order valence-electron chi connectivity index (χ0n) is 10.9. The lowest BCUT2D eigenvalue weighted by Crippen LogP contribution is -2.39. The fourth-order valence-electron chi connectivity index (χ4n) is 1.15. The second-order valence-corrected chi connectivity index (χ2v) is 7.03. The number of hydrogen-bond donors (Lipinski definition) is 2. The molecular weight excluding hydrogens is 242 g/mol. The third kappa shape index (κ3) is 6.63. The molecular formula is C11H23NO4S. The van der Waals surface area contributed by atoms with E-state index in [1.165, 1.54) is 6.92 Å². The number of carbonyl (C=O) groups is 1. The van der Waals surface area contributed by atoms with Crippen LogP contribution in [0.3, 0.4) is 0 Å². The van der Waals surface area contributed by atoms with E-state index in [9.17, 15) is 18.3 Å². The number of aliphatic hydroxyl groups excluding tert-OH is 1. The number of amides is 1. The summed E-state index contributed by atoms with van der Waals surface area (Å²) in [6, 6.07) is 0. The van der Waals surface area contributed by atoms with Crippen molar-refractivity contribution < 1.29 is 18.3 Å². The van der Waals surface area contributed by atoms with Crippen molar-refractivity contribution >= 4 is 15.7 Å². The molecule has 0 aliphatic carbocycles. The zero-order chi connectivity index (χ0) is 13.6. The van der Waals surface area contributed by atoms with E-state index < -0.39 is 15.9 Å². The Balaban J connectivity index is 4.09. The Bertz CT molecular complexity index is 337. The highest BCUT2D eigenvalue weighted by atomic mass is 32.2. The molecule has 0 saturated heterocycles. The normalized spacial score (nSPS) is 15.6. The lowest BCUT2D eigenvalue weighted by atomic mass is 9.97. The number of rotatable bonds is 7. The van der Waals surface area contributed by atoms with E-state index in [2.05, 4.69) is 5.32 Å². The van der Waals surface area contributed by atoms with E-state index in [0.29, 0.717) is 0 Å². The van der Waals surface area contributed by atoms with Gasteiger partial charge in [-0.1, -0.05) is 27.7 Å². The summed E-state index contributed by atoms with van der Waals surface area (Å²) < 4.78 is 22.4. The lowest BCUT2D eigenvalue weighted by molar-refractivity contribution is -0.126. The Kier molecular flexibility index (Phi) is 6.70. The summed E-state index contributed by atoms with van der Waals surface area (Å²) in [6.45, 7) is 7.18. The molecule has 0 fully saturated rings. The van der Waals surface area contributed by atoms with Gasteiger partial charge >= 0.3 is 0 Å². The number of nitrogens with one attached hydrogen (secondary N) is 1. The summed E-state index contributed by atoms with van der Waals surface area (Å²) in [5.74, 6) is -0.398. The van der Waals surface area contributed by atoms with Gasteiger partial charge < -0.3 is 10.4 Å². The topological polar surface area (TPSA) is 83.5 Å². The maximum atomic E-state index is 11.6. The molecule has 0 aromatic heterocycles. The molecule has 17 heavy (non-hydrogen) atoms. The van der Waals surface area contributed by atoms with Gasteiger partial charge in [-0.2, -0.15) is 0 Å². The largest absolute Gasteiger partial charge is 0.390 e. The summed E-state index contributed by atoms with van der Waals surface area (Å²) in [7, 11) is -3.20. The summed E-state index contributed by atoms with van der Waals surface area (Å²) in [5.41, 5.74) is 0. The van der Waals surface area contributed by atoms with Crippen LogP contribution in [0.25, 0.3) is 0 Å². The van der Waals surface area contributed by atoms with E-state index in [4.69, 9.17) is 0 Å². The standard InChI is InChI=1S/C11H23NO4S/c1-5-17(15,16)7-10(13)6-12-11(14)9(4)8(2)3/h8-10,13H,5-7H2,1-4H3,(H,12,14). The number of hydrogen-bond acceptors (Lipinski definition) is 4. The molecule has 0 radical (unpaired) electrons. The molecule has 2 unspecified atom stereocenters. The van der Waals surface area contributed by atoms with Crippen molar-refractivity contribution in [1.29, 1.82) is 0 Å². The second-order valence-electron chi connectivity index (χ2n) is 4.63. The monoisotopic (exact) mass is 265 g/mol. The molecule has 0 rings (SSSR count).